The highest BCUT2D eigenvalue weighted by Crippen LogP contribution is 2.29. The SMILES string of the molecule is O=C(NCC1(O)CCCCC1)NC1CCN(C2CC2)CC1. The maximum atomic E-state index is 12.0. The molecule has 3 N–H and O–H groups in total. The molecule has 0 radical (unpaired) electrons. The van der Waals surface area contributed by atoms with E-state index in [2.05, 4.69) is 15.5 Å². The van der Waals surface area contributed by atoms with E-state index < -0.39 is 5.60 Å². The van der Waals surface area contributed by atoms with Crippen molar-refractivity contribution in [3.63, 3.8) is 0 Å². The summed E-state index contributed by atoms with van der Waals surface area (Å²) in [6, 6.07) is 1.01. The molecular weight excluding hydrogens is 266 g/mol. The molecule has 3 fully saturated rings. The Bertz CT molecular complexity index is 357. The first kappa shape index (κ1) is 15.1. The number of hydrogen-bond acceptors (Lipinski definition) is 3. The Morgan fingerprint density at radius 1 is 1.10 bits per heavy atom. The number of carbonyl (C=O) groups is 1. The zero-order chi connectivity index (χ0) is 14.7. The molecule has 0 bridgehead atoms. The van der Waals surface area contributed by atoms with Gasteiger partial charge in [-0.3, -0.25) is 0 Å². The molecule has 5 heteroatoms. The first-order chi connectivity index (χ1) is 10.1. The maximum absolute atomic E-state index is 12.0. The van der Waals surface area contributed by atoms with E-state index in [9.17, 15) is 9.90 Å². The molecule has 1 heterocycles. The van der Waals surface area contributed by atoms with Crippen molar-refractivity contribution in [2.45, 2.75) is 75.5 Å². The van der Waals surface area contributed by atoms with Gasteiger partial charge < -0.3 is 20.6 Å². The van der Waals surface area contributed by atoms with Gasteiger partial charge in [0.1, 0.15) is 0 Å². The summed E-state index contributed by atoms with van der Waals surface area (Å²) in [5.41, 5.74) is -0.676. The maximum Gasteiger partial charge on any atom is 0.315 e. The molecule has 1 saturated heterocycles. The molecule has 120 valence electrons. The summed E-state index contributed by atoms with van der Waals surface area (Å²) >= 11 is 0. The second kappa shape index (κ2) is 6.53. The van der Waals surface area contributed by atoms with Gasteiger partial charge in [0.25, 0.3) is 0 Å². The Kier molecular flexibility index (Phi) is 4.69. The summed E-state index contributed by atoms with van der Waals surface area (Å²) in [6.45, 7) is 2.61. The lowest BCUT2D eigenvalue weighted by Crippen LogP contribution is -2.51. The summed E-state index contributed by atoms with van der Waals surface area (Å²) in [5.74, 6) is 0. The lowest BCUT2D eigenvalue weighted by Gasteiger charge is -2.34. The molecule has 3 rings (SSSR count). The van der Waals surface area contributed by atoms with Crippen LogP contribution in [0, 0.1) is 0 Å². The third-order valence-electron chi connectivity index (χ3n) is 5.29. The lowest BCUT2D eigenvalue weighted by atomic mass is 9.85. The van der Waals surface area contributed by atoms with E-state index in [0.29, 0.717) is 12.6 Å². The average molecular weight is 295 g/mol. The van der Waals surface area contributed by atoms with Crippen LogP contribution in [-0.4, -0.2) is 53.4 Å². The number of nitrogens with one attached hydrogen (secondary N) is 2. The first-order valence-corrected chi connectivity index (χ1v) is 8.65. The molecule has 3 aliphatic rings. The number of amides is 2. The molecule has 21 heavy (non-hydrogen) atoms. The van der Waals surface area contributed by atoms with Gasteiger partial charge >= 0.3 is 6.03 Å². The third-order valence-corrected chi connectivity index (χ3v) is 5.29. The van der Waals surface area contributed by atoms with E-state index in [0.717, 1.165) is 57.7 Å². The Hall–Kier alpha value is -0.810. The smallest absolute Gasteiger partial charge is 0.315 e. The molecule has 2 amide bonds. The normalized spacial score (nSPS) is 27.3. The molecule has 5 nitrogen and oxygen atoms in total. The zero-order valence-corrected chi connectivity index (χ0v) is 12.9. The predicted octanol–water partition coefficient (Wildman–Crippen LogP) is 1.61. The predicted molar refractivity (Wildman–Crippen MR) is 82.2 cm³/mol. The van der Waals surface area contributed by atoms with E-state index in [-0.39, 0.29) is 6.03 Å². The second-order valence-electron chi connectivity index (χ2n) is 7.15. The Labute approximate surface area is 127 Å². The number of carbonyl (C=O) groups excluding carboxylic acids is 1. The van der Waals surface area contributed by atoms with Gasteiger partial charge in [0.05, 0.1) is 5.60 Å². The third kappa shape index (κ3) is 4.33. The molecule has 0 aromatic heterocycles. The Balaban J connectivity index is 1.34. The van der Waals surface area contributed by atoms with Gasteiger partial charge in [-0.1, -0.05) is 19.3 Å². The summed E-state index contributed by atoms with van der Waals surface area (Å²) in [5, 5.41) is 16.3. The number of urea groups is 1. The molecule has 0 aromatic rings. The summed E-state index contributed by atoms with van der Waals surface area (Å²) in [4.78, 5) is 14.5. The molecule has 0 unspecified atom stereocenters. The number of likely N-dealkylation sites (tertiary alicyclic amines) is 1. The topological polar surface area (TPSA) is 64.6 Å². The van der Waals surface area contributed by atoms with Crippen molar-refractivity contribution < 1.29 is 9.90 Å². The summed E-state index contributed by atoms with van der Waals surface area (Å²) in [6.07, 6.45) is 9.78. The van der Waals surface area contributed by atoms with Crippen molar-refractivity contribution >= 4 is 6.03 Å². The van der Waals surface area contributed by atoms with Crippen molar-refractivity contribution in [2.75, 3.05) is 19.6 Å². The van der Waals surface area contributed by atoms with E-state index in [1.54, 1.807) is 0 Å². The molecule has 0 spiro atoms. The fourth-order valence-corrected chi connectivity index (χ4v) is 3.72. The van der Waals surface area contributed by atoms with Crippen molar-refractivity contribution in [1.82, 2.24) is 15.5 Å². The first-order valence-electron chi connectivity index (χ1n) is 8.65. The minimum atomic E-state index is -0.676. The molecule has 0 aromatic carbocycles. The lowest BCUT2D eigenvalue weighted by molar-refractivity contribution is 0.00706. The van der Waals surface area contributed by atoms with Gasteiger partial charge in [0.15, 0.2) is 0 Å². The number of aliphatic hydroxyl groups is 1. The quantitative estimate of drug-likeness (QED) is 0.738. The van der Waals surface area contributed by atoms with E-state index in [1.165, 1.54) is 19.3 Å². The largest absolute Gasteiger partial charge is 0.388 e. The van der Waals surface area contributed by atoms with Crippen LogP contribution in [0.5, 0.6) is 0 Å². The number of hydrogen-bond donors (Lipinski definition) is 3. The van der Waals surface area contributed by atoms with Crippen molar-refractivity contribution in [2.24, 2.45) is 0 Å². The van der Waals surface area contributed by atoms with Gasteiger partial charge in [0, 0.05) is 31.7 Å². The minimum absolute atomic E-state index is 0.112. The van der Waals surface area contributed by atoms with Crippen molar-refractivity contribution in [1.29, 1.82) is 0 Å². The van der Waals surface area contributed by atoms with Crippen LogP contribution in [0.1, 0.15) is 57.8 Å². The highest BCUT2D eigenvalue weighted by molar-refractivity contribution is 5.74. The van der Waals surface area contributed by atoms with E-state index in [4.69, 9.17) is 0 Å². The van der Waals surface area contributed by atoms with Gasteiger partial charge in [-0.05, 0) is 38.5 Å². The van der Waals surface area contributed by atoms with Crippen LogP contribution in [-0.2, 0) is 0 Å². The van der Waals surface area contributed by atoms with Crippen molar-refractivity contribution in [3.8, 4) is 0 Å². The van der Waals surface area contributed by atoms with Crippen LogP contribution in [0.3, 0.4) is 0 Å². The van der Waals surface area contributed by atoms with Gasteiger partial charge in [-0.2, -0.15) is 0 Å². The highest BCUT2D eigenvalue weighted by Gasteiger charge is 2.33. The van der Waals surface area contributed by atoms with Gasteiger partial charge in [-0.15, -0.1) is 0 Å². The van der Waals surface area contributed by atoms with E-state index in [1.807, 2.05) is 0 Å². The molecular formula is C16H29N3O2. The number of nitrogens with zero attached hydrogens (tertiary/aromatic N) is 1. The second-order valence-corrected chi connectivity index (χ2v) is 7.15. The monoisotopic (exact) mass is 295 g/mol. The number of rotatable bonds is 4. The highest BCUT2D eigenvalue weighted by atomic mass is 16.3. The van der Waals surface area contributed by atoms with Gasteiger partial charge in [0.2, 0.25) is 0 Å². The van der Waals surface area contributed by atoms with E-state index >= 15 is 0 Å². The molecule has 2 saturated carbocycles. The fraction of sp³-hybridized carbons (Fsp3) is 0.938. The molecule has 2 aliphatic carbocycles. The minimum Gasteiger partial charge on any atom is -0.388 e. The van der Waals surface area contributed by atoms with Crippen LogP contribution in [0.15, 0.2) is 0 Å². The molecule has 0 atom stereocenters. The Morgan fingerprint density at radius 3 is 2.38 bits per heavy atom. The average Bonchev–Trinajstić information content (AvgIpc) is 3.32. The fourth-order valence-electron chi connectivity index (χ4n) is 3.72. The standard InChI is InChI=1S/C16H29N3O2/c20-15(17-12-16(21)8-2-1-3-9-16)18-13-6-10-19(11-7-13)14-4-5-14/h13-14,21H,1-12H2,(H2,17,18,20). The van der Waals surface area contributed by atoms with Crippen molar-refractivity contribution in [3.05, 3.63) is 0 Å². The van der Waals surface area contributed by atoms with Crippen LogP contribution in [0.25, 0.3) is 0 Å². The summed E-state index contributed by atoms with van der Waals surface area (Å²) in [7, 11) is 0. The van der Waals surface area contributed by atoms with Crippen LogP contribution < -0.4 is 10.6 Å². The van der Waals surface area contributed by atoms with Gasteiger partial charge in [-0.25, -0.2) is 4.79 Å². The van der Waals surface area contributed by atoms with Crippen LogP contribution >= 0.6 is 0 Å². The number of piperidine rings is 1. The summed E-state index contributed by atoms with van der Waals surface area (Å²) < 4.78 is 0. The Morgan fingerprint density at radius 2 is 1.76 bits per heavy atom. The van der Waals surface area contributed by atoms with Crippen LogP contribution in [0.4, 0.5) is 4.79 Å². The molecule has 1 aliphatic heterocycles. The van der Waals surface area contributed by atoms with Crippen LogP contribution in [0.2, 0.25) is 0 Å². The zero-order valence-electron chi connectivity index (χ0n) is 12.9.